The molecule has 1 fully saturated rings. The van der Waals surface area contributed by atoms with Gasteiger partial charge in [-0.3, -0.25) is 9.59 Å². The van der Waals surface area contributed by atoms with Crippen molar-refractivity contribution in [3.05, 3.63) is 101 Å². The molecule has 1 aliphatic rings. The number of rotatable bonds is 3. The van der Waals surface area contributed by atoms with Crippen LogP contribution in [0.2, 0.25) is 0 Å². The van der Waals surface area contributed by atoms with Crippen LogP contribution in [0.1, 0.15) is 17.0 Å². The molecule has 0 aliphatic carbocycles. The van der Waals surface area contributed by atoms with Crippen molar-refractivity contribution in [2.45, 2.75) is 13.8 Å². The molecule has 1 saturated heterocycles. The van der Waals surface area contributed by atoms with E-state index in [1.807, 2.05) is 43.3 Å². The van der Waals surface area contributed by atoms with Crippen LogP contribution in [-0.4, -0.2) is 15.7 Å². The second-order valence-corrected chi connectivity index (χ2v) is 8.54. The summed E-state index contributed by atoms with van der Waals surface area (Å²) in [5, 5.41) is 2.10. The number of hydrogen-bond donors (Lipinski definition) is 0. The van der Waals surface area contributed by atoms with Crippen LogP contribution in [0.5, 0.6) is 0 Å². The zero-order chi connectivity index (χ0) is 21.5. The van der Waals surface area contributed by atoms with E-state index >= 15 is 0 Å². The van der Waals surface area contributed by atoms with Crippen molar-refractivity contribution < 1.29 is 9.59 Å². The molecule has 0 atom stereocenters. The highest BCUT2D eigenvalue weighted by atomic mass is 32.2. The topological polar surface area (TPSA) is 42.3 Å². The number of fused-ring (bicyclic) bond motifs is 1. The van der Waals surface area contributed by atoms with Gasteiger partial charge in [-0.1, -0.05) is 48.5 Å². The van der Waals surface area contributed by atoms with Gasteiger partial charge in [0.15, 0.2) is 0 Å². The molecule has 0 N–H and O–H groups in total. The van der Waals surface area contributed by atoms with Gasteiger partial charge in [-0.25, -0.2) is 4.90 Å². The van der Waals surface area contributed by atoms with E-state index in [1.54, 1.807) is 12.1 Å². The van der Waals surface area contributed by atoms with Gasteiger partial charge < -0.3 is 4.57 Å². The highest BCUT2D eigenvalue weighted by Crippen LogP contribution is 2.36. The summed E-state index contributed by atoms with van der Waals surface area (Å²) in [5.41, 5.74) is 4.70. The van der Waals surface area contributed by atoms with Gasteiger partial charge in [-0.2, -0.15) is 0 Å². The van der Waals surface area contributed by atoms with E-state index in [0.29, 0.717) is 10.6 Å². The molecule has 0 spiro atoms. The Kier molecular flexibility index (Phi) is 4.75. The maximum Gasteiger partial charge on any atom is 0.298 e. The van der Waals surface area contributed by atoms with E-state index in [-0.39, 0.29) is 11.1 Å². The smallest absolute Gasteiger partial charge is 0.298 e. The van der Waals surface area contributed by atoms with E-state index in [9.17, 15) is 9.59 Å². The number of carbonyl (C=O) groups excluding carboxylic acids is 2. The lowest BCUT2D eigenvalue weighted by molar-refractivity contribution is -0.113. The minimum Gasteiger partial charge on any atom is -0.318 e. The number of aryl methyl sites for hydroxylation is 1. The van der Waals surface area contributed by atoms with Crippen molar-refractivity contribution in [1.29, 1.82) is 0 Å². The average molecular weight is 425 g/mol. The molecule has 152 valence electrons. The Hall–Kier alpha value is -3.57. The maximum atomic E-state index is 12.9. The van der Waals surface area contributed by atoms with Gasteiger partial charge in [0.05, 0.1) is 10.6 Å². The number of thioether (sulfide) groups is 1. The minimum atomic E-state index is -0.281. The van der Waals surface area contributed by atoms with Gasteiger partial charge >= 0.3 is 0 Å². The first-order valence-electron chi connectivity index (χ1n) is 10.0. The summed E-state index contributed by atoms with van der Waals surface area (Å²) in [6.07, 6.45) is 1.83. The first kappa shape index (κ1) is 19.4. The predicted octanol–water partition coefficient (Wildman–Crippen LogP) is 6.49. The molecule has 31 heavy (non-hydrogen) atoms. The number of amides is 2. The second kappa shape index (κ2) is 7.60. The molecule has 0 radical (unpaired) electrons. The summed E-state index contributed by atoms with van der Waals surface area (Å²) in [4.78, 5) is 27.1. The lowest BCUT2D eigenvalue weighted by Crippen LogP contribution is -2.27. The van der Waals surface area contributed by atoms with Gasteiger partial charge in [-0.05, 0) is 78.4 Å². The highest BCUT2D eigenvalue weighted by molar-refractivity contribution is 8.19. The number of aromatic nitrogens is 1. The first-order chi connectivity index (χ1) is 15.0. The van der Waals surface area contributed by atoms with Crippen molar-refractivity contribution >= 4 is 45.4 Å². The van der Waals surface area contributed by atoms with Crippen molar-refractivity contribution in [3.63, 3.8) is 0 Å². The van der Waals surface area contributed by atoms with Crippen LogP contribution in [0, 0.1) is 13.8 Å². The summed E-state index contributed by atoms with van der Waals surface area (Å²) < 4.78 is 2.18. The largest absolute Gasteiger partial charge is 0.318 e. The van der Waals surface area contributed by atoms with Crippen LogP contribution < -0.4 is 4.90 Å². The molecule has 5 rings (SSSR count). The number of benzene rings is 3. The Balaban J connectivity index is 1.53. The first-order valence-corrected chi connectivity index (χ1v) is 10.9. The van der Waals surface area contributed by atoms with Crippen LogP contribution in [-0.2, 0) is 4.79 Å². The second-order valence-electron chi connectivity index (χ2n) is 7.55. The molecule has 3 aromatic carbocycles. The molecule has 4 nitrogen and oxygen atoms in total. The lowest BCUT2D eigenvalue weighted by Gasteiger charge is -2.12. The Morgan fingerprint density at radius 3 is 2.26 bits per heavy atom. The summed E-state index contributed by atoms with van der Waals surface area (Å²) in [7, 11) is 0. The van der Waals surface area contributed by atoms with Crippen LogP contribution in [0.4, 0.5) is 10.5 Å². The van der Waals surface area contributed by atoms with Gasteiger partial charge in [-0.15, -0.1) is 0 Å². The van der Waals surface area contributed by atoms with Crippen LogP contribution in [0.15, 0.2) is 83.8 Å². The number of para-hydroxylation sites is 1. The molecule has 4 aromatic rings. The van der Waals surface area contributed by atoms with E-state index in [1.165, 1.54) is 15.7 Å². The van der Waals surface area contributed by atoms with Crippen molar-refractivity contribution in [2.24, 2.45) is 0 Å². The SMILES string of the molecule is Cc1cc(C=C2SC(=O)N(c3ccccc3)C2=O)c(C)n1-c1ccc2ccccc2c1. The molecular weight excluding hydrogens is 404 g/mol. The fraction of sp³-hybridized carbons (Fsp3) is 0.0769. The van der Waals surface area contributed by atoms with Gasteiger partial charge in [0, 0.05) is 17.1 Å². The standard InChI is InChI=1S/C26H20N2O2S/c1-17-14-21(16-24-25(29)28(26(30)31-24)22-10-4-3-5-11-22)18(2)27(17)23-13-12-19-8-6-7-9-20(19)15-23/h3-16H,1-2H3. The predicted molar refractivity (Wildman–Crippen MR) is 128 cm³/mol. The normalized spacial score (nSPS) is 15.4. The Morgan fingerprint density at radius 2 is 1.48 bits per heavy atom. The van der Waals surface area contributed by atoms with Crippen LogP contribution in [0.3, 0.4) is 0 Å². The highest BCUT2D eigenvalue weighted by Gasteiger charge is 2.36. The third kappa shape index (κ3) is 3.37. The van der Waals surface area contributed by atoms with Crippen LogP contribution >= 0.6 is 11.8 Å². The number of carbonyl (C=O) groups is 2. The lowest BCUT2D eigenvalue weighted by atomic mass is 10.1. The minimum absolute atomic E-state index is 0.272. The Labute approximate surface area is 184 Å². The number of anilines is 1. The Morgan fingerprint density at radius 1 is 0.774 bits per heavy atom. The fourth-order valence-electron chi connectivity index (χ4n) is 4.06. The quantitative estimate of drug-likeness (QED) is 0.353. The third-order valence-corrected chi connectivity index (χ3v) is 6.43. The zero-order valence-electron chi connectivity index (χ0n) is 17.2. The van der Waals surface area contributed by atoms with Gasteiger partial charge in [0.1, 0.15) is 0 Å². The third-order valence-electron chi connectivity index (χ3n) is 5.56. The molecule has 0 saturated carbocycles. The van der Waals surface area contributed by atoms with Crippen molar-refractivity contribution in [3.8, 4) is 5.69 Å². The number of nitrogens with zero attached hydrogens (tertiary/aromatic N) is 2. The monoisotopic (exact) mass is 424 g/mol. The van der Waals surface area contributed by atoms with Gasteiger partial charge in [0.2, 0.25) is 0 Å². The summed E-state index contributed by atoms with van der Waals surface area (Å²) >= 11 is 0.982. The fourth-order valence-corrected chi connectivity index (χ4v) is 4.89. The molecule has 0 bridgehead atoms. The van der Waals surface area contributed by atoms with Crippen molar-refractivity contribution in [2.75, 3.05) is 4.90 Å². The summed E-state index contributed by atoms with van der Waals surface area (Å²) in [5.74, 6) is -0.281. The number of imide groups is 1. The molecule has 2 amide bonds. The van der Waals surface area contributed by atoms with E-state index in [0.717, 1.165) is 34.4 Å². The van der Waals surface area contributed by atoms with E-state index < -0.39 is 0 Å². The Bertz CT molecular complexity index is 1370. The molecule has 0 unspecified atom stereocenters. The molecule has 1 aromatic heterocycles. The zero-order valence-corrected chi connectivity index (χ0v) is 18.0. The molecular formula is C26H20N2O2S. The molecule has 5 heteroatoms. The summed E-state index contributed by atoms with van der Waals surface area (Å²) in [6, 6.07) is 25.8. The average Bonchev–Trinajstić information content (AvgIpc) is 3.22. The van der Waals surface area contributed by atoms with E-state index in [2.05, 4.69) is 47.9 Å². The summed E-state index contributed by atoms with van der Waals surface area (Å²) in [6.45, 7) is 4.09. The van der Waals surface area contributed by atoms with Crippen LogP contribution in [0.25, 0.3) is 22.5 Å². The number of hydrogen-bond acceptors (Lipinski definition) is 3. The van der Waals surface area contributed by atoms with Gasteiger partial charge in [0.25, 0.3) is 11.1 Å². The molecule has 2 heterocycles. The maximum absolute atomic E-state index is 12.9. The molecule has 1 aliphatic heterocycles. The van der Waals surface area contributed by atoms with E-state index in [4.69, 9.17) is 0 Å². The van der Waals surface area contributed by atoms with Crippen molar-refractivity contribution in [1.82, 2.24) is 4.57 Å².